The van der Waals surface area contributed by atoms with Gasteiger partial charge in [-0.15, -0.1) is 0 Å². The number of carbonyl (C=O) groups is 1. The van der Waals surface area contributed by atoms with E-state index >= 15 is 0 Å². The molecule has 1 aliphatic rings. The minimum absolute atomic E-state index is 0.000630. The van der Waals surface area contributed by atoms with Gasteiger partial charge < -0.3 is 4.74 Å². The maximum Gasteiger partial charge on any atom is 0.306 e. The van der Waals surface area contributed by atoms with Crippen molar-refractivity contribution in [2.75, 3.05) is 0 Å². The van der Waals surface area contributed by atoms with Crippen LogP contribution in [0.5, 0.6) is 0 Å². The van der Waals surface area contributed by atoms with E-state index in [0.717, 1.165) is 24.7 Å². The molecule has 1 fully saturated rings. The van der Waals surface area contributed by atoms with Gasteiger partial charge in [0.05, 0.1) is 6.10 Å². The van der Waals surface area contributed by atoms with Crippen LogP contribution in [0.4, 0.5) is 0 Å². The molecule has 0 N–H and O–H groups in total. The number of ether oxygens (including phenoxy) is 1. The summed E-state index contributed by atoms with van der Waals surface area (Å²) < 4.78 is 5.17. The Kier molecular flexibility index (Phi) is 11.0. The van der Waals surface area contributed by atoms with Crippen molar-refractivity contribution in [1.82, 2.24) is 0 Å². The van der Waals surface area contributed by atoms with Crippen molar-refractivity contribution in [3.63, 3.8) is 0 Å². The zero-order valence-electron chi connectivity index (χ0n) is 18.1. The van der Waals surface area contributed by atoms with E-state index in [1.54, 1.807) is 0 Å². The van der Waals surface area contributed by atoms with Crippen LogP contribution in [0.15, 0.2) is 42.5 Å². The second kappa shape index (κ2) is 13.6. The highest BCUT2D eigenvalue weighted by molar-refractivity contribution is 5.69. The molecule has 28 heavy (non-hydrogen) atoms. The minimum atomic E-state index is -0.0634. The lowest BCUT2D eigenvalue weighted by Gasteiger charge is -2.18. The Morgan fingerprint density at radius 1 is 1.04 bits per heavy atom. The molecule has 156 valence electrons. The van der Waals surface area contributed by atoms with Gasteiger partial charge in [-0.25, -0.2) is 0 Å². The molecule has 2 nitrogen and oxygen atoms in total. The van der Waals surface area contributed by atoms with Gasteiger partial charge in [0.2, 0.25) is 0 Å². The Morgan fingerprint density at radius 2 is 1.82 bits per heavy atom. The first-order chi connectivity index (χ1) is 13.6. The van der Waals surface area contributed by atoms with Crippen molar-refractivity contribution < 1.29 is 9.53 Å². The van der Waals surface area contributed by atoms with Gasteiger partial charge in [0, 0.05) is 6.42 Å². The number of hydrogen-bond acceptors (Lipinski definition) is 2. The highest BCUT2D eigenvalue weighted by Crippen LogP contribution is 2.37. The van der Waals surface area contributed by atoms with E-state index in [0.29, 0.717) is 6.42 Å². The Balaban J connectivity index is 1.52. The highest BCUT2D eigenvalue weighted by atomic mass is 16.5. The van der Waals surface area contributed by atoms with Crippen LogP contribution in [0, 0.1) is 11.8 Å². The van der Waals surface area contributed by atoms with Crippen LogP contribution in [-0.2, 0) is 16.0 Å². The molecule has 1 aromatic rings. The van der Waals surface area contributed by atoms with Gasteiger partial charge in [-0.3, -0.25) is 4.79 Å². The normalized spacial score (nSPS) is 19.5. The van der Waals surface area contributed by atoms with E-state index in [1.165, 1.54) is 63.4 Å². The lowest BCUT2D eigenvalue weighted by molar-refractivity contribution is -0.147. The Bertz CT molecular complexity index is 561. The van der Waals surface area contributed by atoms with Gasteiger partial charge in [0.25, 0.3) is 0 Å². The zero-order chi connectivity index (χ0) is 20.0. The van der Waals surface area contributed by atoms with Gasteiger partial charge in [-0.1, -0.05) is 74.6 Å². The van der Waals surface area contributed by atoms with Crippen molar-refractivity contribution in [3.05, 3.63) is 48.0 Å². The van der Waals surface area contributed by atoms with Crippen molar-refractivity contribution in [2.24, 2.45) is 11.8 Å². The summed E-state index contributed by atoms with van der Waals surface area (Å²) in [6.45, 7) is 3.80. The second-order valence-electron chi connectivity index (χ2n) is 8.67. The summed E-state index contributed by atoms with van der Waals surface area (Å²) in [4.78, 5) is 11.5. The molecule has 0 spiro atoms. The Labute approximate surface area is 172 Å². The van der Waals surface area contributed by atoms with E-state index in [2.05, 4.69) is 42.5 Å². The molecule has 0 amide bonds. The molecule has 0 saturated heterocycles. The van der Waals surface area contributed by atoms with Crippen LogP contribution in [0.25, 0.3) is 0 Å². The highest BCUT2D eigenvalue weighted by Gasteiger charge is 2.25. The fraction of sp³-hybridized carbons (Fsp3) is 0.654. The van der Waals surface area contributed by atoms with Gasteiger partial charge in [0.1, 0.15) is 0 Å². The molecule has 1 aromatic carbocycles. The van der Waals surface area contributed by atoms with E-state index in [9.17, 15) is 4.79 Å². The largest absolute Gasteiger partial charge is 0.463 e. The van der Waals surface area contributed by atoms with Crippen LogP contribution >= 0.6 is 0 Å². The van der Waals surface area contributed by atoms with E-state index in [1.807, 2.05) is 13.8 Å². The molecule has 0 heterocycles. The number of aryl methyl sites for hydroxylation is 1. The molecule has 2 unspecified atom stereocenters. The number of hydrogen-bond donors (Lipinski definition) is 0. The van der Waals surface area contributed by atoms with Gasteiger partial charge in [-0.05, 0) is 69.8 Å². The third-order valence-electron chi connectivity index (χ3n) is 5.92. The molecule has 0 bridgehead atoms. The summed E-state index contributed by atoms with van der Waals surface area (Å²) in [7, 11) is 0. The van der Waals surface area contributed by atoms with E-state index in [4.69, 9.17) is 4.74 Å². The molecule has 2 atom stereocenters. The molecule has 1 aliphatic carbocycles. The average molecular weight is 385 g/mol. The summed E-state index contributed by atoms with van der Waals surface area (Å²) in [6.07, 6.45) is 19.2. The van der Waals surface area contributed by atoms with Gasteiger partial charge in [-0.2, -0.15) is 0 Å². The fourth-order valence-electron chi connectivity index (χ4n) is 4.44. The Morgan fingerprint density at radius 3 is 2.61 bits per heavy atom. The van der Waals surface area contributed by atoms with Gasteiger partial charge in [0.15, 0.2) is 0 Å². The average Bonchev–Trinajstić information content (AvgIpc) is 3.12. The van der Waals surface area contributed by atoms with Crippen LogP contribution in [-0.4, -0.2) is 12.1 Å². The van der Waals surface area contributed by atoms with Crippen molar-refractivity contribution >= 4 is 5.97 Å². The van der Waals surface area contributed by atoms with E-state index in [-0.39, 0.29) is 12.1 Å². The van der Waals surface area contributed by atoms with Crippen LogP contribution < -0.4 is 0 Å². The predicted molar refractivity (Wildman–Crippen MR) is 118 cm³/mol. The second-order valence-corrected chi connectivity index (χ2v) is 8.67. The Hall–Kier alpha value is -1.57. The lowest BCUT2D eigenvalue weighted by Crippen LogP contribution is -2.10. The molecular weight excluding hydrogens is 344 g/mol. The number of rotatable bonds is 13. The number of benzene rings is 1. The summed E-state index contributed by atoms with van der Waals surface area (Å²) in [5.74, 6) is 1.75. The molecule has 0 radical (unpaired) electrons. The molecule has 2 heteroatoms. The maximum atomic E-state index is 11.5. The lowest BCUT2D eigenvalue weighted by atomic mass is 9.88. The van der Waals surface area contributed by atoms with E-state index < -0.39 is 0 Å². The first-order valence-corrected chi connectivity index (χ1v) is 11.5. The molecule has 1 saturated carbocycles. The molecule has 0 aliphatic heterocycles. The third-order valence-corrected chi connectivity index (χ3v) is 5.92. The van der Waals surface area contributed by atoms with Crippen LogP contribution in [0.3, 0.4) is 0 Å². The molecule has 0 aromatic heterocycles. The van der Waals surface area contributed by atoms with Crippen LogP contribution in [0.1, 0.15) is 90.0 Å². The van der Waals surface area contributed by atoms with Crippen molar-refractivity contribution in [2.45, 2.75) is 97.0 Å². The zero-order valence-corrected chi connectivity index (χ0v) is 18.1. The predicted octanol–water partition coefficient (Wildman–Crippen LogP) is 7.27. The fourth-order valence-corrected chi connectivity index (χ4v) is 4.44. The SMILES string of the molecule is CC(C)OC(=O)CCCC=CCC1CCCC1CCCCCc1ccccc1. The summed E-state index contributed by atoms with van der Waals surface area (Å²) in [5, 5.41) is 0. The number of esters is 1. The number of carbonyl (C=O) groups excluding carboxylic acids is 1. The third kappa shape index (κ3) is 9.57. The maximum absolute atomic E-state index is 11.5. The number of unbranched alkanes of at least 4 members (excludes halogenated alkanes) is 3. The first kappa shape index (κ1) is 22.7. The first-order valence-electron chi connectivity index (χ1n) is 11.5. The quantitative estimate of drug-likeness (QED) is 0.203. The number of allylic oxidation sites excluding steroid dienone is 2. The molecular formula is C26H40O2. The summed E-state index contributed by atoms with van der Waals surface area (Å²) in [5.41, 5.74) is 1.48. The van der Waals surface area contributed by atoms with Crippen LogP contribution in [0.2, 0.25) is 0 Å². The van der Waals surface area contributed by atoms with Crippen molar-refractivity contribution in [1.29, 1.82) is 0 Å². The minimum Gasteiger partial charge on any atom is -0.463 e. The summed E-state index contributed by atoms with van der Waals surface area (Å²) in [6, 6.07) is 10.9. The monoisotopic (exact) mass is 384 g/mol. The smallest absolute Gasteiger partial charge is 0.306 e. The molecule has 2 rings (SSSR count). The van der Waals surface area contributed by atoms with Crippen molar-refractivity contribution in [3.8, 4) is 0 Å². The van der Waals surface area contributed by atoms with Gasteiger partial charge >= 0.3 is 5.97 Å². The summed E-state index contributed by atoms with van der Waals surface area (Å²) >= 11 is 0. The topological polar surface area (TPSA) is 26.3 Å². The standard InChI is InChI=1S/C26H40O2/c1-22(2)28-26(27)21-12-4-3-10-17-24-19-13-20-25(24)18-11-6-9-16-23-14-7-5-8-15-23/h3,5,7-8,10,14-15,22,24-25H,4,6,9,11-13,16-21H2,1-2H3.